The molecule has 0 bridgehead atoms. The molecule has 0 amide bonds. The van der Waals surface area contributed by atoms with Gasteiger partial charge in [-0.2, -0.15) is 12.7 Å². The molecule has 0 aliphatic carbocycles. The Kier molecular flexibility index (Phi) is 5.25. The lowest BCUT2D eigenvalue weighted by molar-refractivity contribution is 0.523. The van der Waals surface area contributed by atoms with Crippen LogP contribution in [0.2, 0.25) is 0 Å². The molecule has 2 aromatic rings. The van der Waals surface area contributed by atoms with E-state index in [2.05, 4.69) is 4.40 Å². The van der Waals surface area contributed by atoms with Gasteiger partial charge in [-0.25, -0.2) is 0 Å². The molecule has 0 aromatic heterocycles. The Hall–Kier alpha value is -2.24. The van der Waals surface area contributed by atoms with Crippen molar-refractivity contribution in [3.8, 4) is 0 Å². The first kappa shape index (κ1) is 16.1. The van der Waals surface area contributed by atoms with Crippen LogP contribution in [0, 0.1) is 0 Å². The standard InChI is InChI=1S/C17H18N2O2S/c1-19(2)22(20,21)18-17(16-11-7-4-8-12-16)14-13-15-9-5-3-6-10-15/h3-14H,1-2H3/b14-13+,18-17+. The van der Waals surface area contributed by atoms with Crippen molar-refractivity contribution in [1.29, 1.82) is 0 Å². The smallest absolute Gasteiger partial charge is 0.189 e. The zero-order chi connectivity index (χ0) is 16.0. The highest BCUT2D eigenvalue weighted by atomic mass is 32.2. The van der Waals surface area contributed by atoms with Crippen LogP contribution in [0.15, 0.2) is 71.1 Å². The summed E-state index contributed by atoms with van der Waals surface area (Å²) < 4.78 is 29.1. The van der Waals surface area contributed by atoms with Gasteiger partial charge in [0.1, 0.15) is 0 Å². The largest absolute Gasteiger partial charge is 0.322 e. The molecule has 4 nitrogen and oxygen atoms in total. The van der Waals surface area contributed by atoms with Gasteiger partial charge in [-0.1, -0.05) is 66.7 Å². The summed E-state index contributed by atoms with van der Waals surface area (Å²) in [7, 11) is -0.759. The second-order valence-corrected chi connectivity index (χ2v) is 6.66. The van der Waals surface area contributed by atoms with E-state index in [1.54, 1.807) is 6.08 Å². The zero-order valence-corrected chi connectivity index (χ0v) is 13.4. The highest BCUT2D eigenvalue weighted by molar-refractivity contribution is 7.87. The number of hydrogen-bond acceptors (Lipinski definition) is 2. The fourth-order valence-corrected chi connectivity index (χ4v) is 2.31. The fourth-order valence-electron chi connectivity index (χ4n) is 1.73. The number of allylic oxidation sites excluding steroid dienone is 1. The number of hydrogen-bond donors (Lipinski definition) is 0. The van der Waals surface area contributed by atoms with E-state index < -0.39 is 10.2 Å². The molecule has 0 N–H and O–H groups in total. The molecule has 0 spiro atoms. The van der Waals surface area contributed by atoms with Gasteiger partial charge in [0, 0.05) is 19.7 Å². The Balaban J connectivity index is 2.44. The van der Waals surface area contributed by atoms with Gasteiger partial charge in [0.2, 0.25) is 0 Å². The quantitative estimate of drug-likeness (QED) is 0.797. The van der Waals surface area contributed by atoms with Crippen molar-refractivity contribution in [1.82, 2.24) is 4.31 Å². The van der Waals surface area contributed by atoms with Gasteiger partial charge >= 0.3 is 10.2 Å². The van der Waals surface area contributed by atoms with Crippen molar-refractivity contribution >= 4 is 22.0 Å². The van der Waals surface area contributed by atoms with Gasteiger partial charge in [0.25, 0.3) is 0 Å². The van der Waals surface area contributed by atoms with Crippen molar-refractivity contribution < 1.29 is 8.42 Å². The minimum absolute atomic E-state index is 0.401. The van der Waals surface area contributed by atoms with Crippen molar-refractivity contribution in [3.63, 3.8) is 0 Å². The van der Waals surface area contributed by atoms with E-state index in [1.807, 2.05) is 66.7 Å². The monoisotopic (exact) mass is 314 g/mol. The van der Waals surface area contributed by atoms with Crippen LogP contribution in [-0.4, -0.2) is 32.5 Å². The molecule has 0 atom stereocenters. The number of benzene rings is 2. The summed E-state index contributed by atoms with van der Waals surface area (Å²) in [5.74, 6) is 0. The summed E-state index contributed by atoms with van der Waals surface area (Å²) in [5.41, 5.74) is 2.13. The lowest BCUT2D eigenvalue weighted by Gasteiger charge is -2.08. The molecule has 0 unspecified atom stereocenters. The van der Waals surface area contributed by atoms with E-state index in [4.69, 9.17) is 0 Å². The first-order valence-electron chi connectivity index (χ1n) is 6.80. The molecule has 22 heavy (non-hydrogen) atoms. The Morgan fingerprint density at radius 3 is 2.05 bits per heavy atom. The Labute approximate surface area is 131 Å². The summed E-state index contributed by atoms with van der Waals surface area (Å²) in [6.07, 6.45) is 3.56. The molecule has 2 aromatic carbocycles. The summed E-state index contributed by atoms with van der Waals surface area (Å²) >= 11 is 0. The van der Waals surface area contributed by atoms with E-state index in [0.29, 0.717) is 5.71 Å². The minimum atomic E-state index is -3.68. The topological polar surface area (TPSA) is 49.7 Å². The lowest BCUT2D eigenvalue weighted by Crippen LogP contribution is -2.21. The summed E-state index contributed by atoms with van der Waals surface area (Å²) in [6, 6.07) is 18.9. The summed E-state index contributed by atoms with van der Waals surface area (Å²) in [5, 5.41) is 0. The first-order valence-corrected chi connectivity index (χ1v) is 8.20. The van der Waals surface area contributed by atoms with E-state index in [0.717, 1.165) is 15.4 Å². The molecule has 0 heterocycles. The van der Waals surface area contributed by atoms with Crippen LogP contribution >= 0.6 is 0 Å². The van der Waals surface area contributed by atoms with Gasteiger partial charge in [-0.15, -0.1) is 4.40 Å². The molecule has 5 heteroatoms. The molecule has 0 aliphatic heterocycles. The lowest BCUT2D eigenvalue weighted by atomic mass is 10.1. The number of nitrogens with zero attached hydrogens (tertiary/aromatic N) is 2. The SMILES string of the molecule is CN(C)S(=O)(=O)/N=C(\C=C\c1ccccc1)c1ccccc1. The van der Waals surface area contributed by atoms with Crippen LogP contribution in [0.3, 0.4) is 0 Å². The van der Waals surface area contributed by atoms with Crippen LogP contribution in [-0.2, 0) is 10.2 Å². The third kappa shape index (κ3) is 4.38. The maximum absolute atomic E-state index is 12.0. The molecule has 0 aliphatic rings. The summed E-state index contributed by atoms with van der Waals surface area (Å²) in [6.45, 7) is 0. The fraction of sp³-hybridized carbons (Fsp3) is 0.118. The van der Waals surface area contributed by atoms with Gasteiger partial charge < -0.3 is 0 Å². The second kappa shape index (κ2) is 7.15. The molecule has 114 valence electrons. The maximum atomic E-state index is 12.0. The highest BCUT2D eigenvalue weighted by Crippen LogP contribution is 2.09. The van der Waals surface area contributed by atoms with Crippen LogP contribution in [0.25, 0.3) is 6.08 Å². The van der Waals surface area contributed by atoms with Crippen LogP contribution in [0.4, 0.5) is 0 Å². The normalized spacial score (nSPS) is 13.0. The van der Waals surface area contributed by atoms with E-state index in [9.17, 15) is 8.42 Å². The van der Waals surface area contributed by atoms with Gasteiger partial charge in [-0.3, -0.25) is 0 Å². The molecular weight excluding hydrogens is 296 g/mol. The van der Waals surface area contributed by atoms with E-state index in [1.165, 1.54) is 14.1 Å². The van der Waals surface area contributed by atoms with E-state index in [-0.39, 0.29) is 0 Å². The average Bonchev–Trinajstić information content (AvgIpc) is 2.53. The number of rotatable bonds is 5. The van der Waals surface area contributed by atoms with Crippen LogP contribution in [0.1, 0.15) is 11.1 Å². The van der Waals surface area contributed by atoms with Crippen molar-refractivity contribution in [3.05, 3.63) is 77.9 Å². The van der Waals surface area contributed by atoms with Crippen molar-refractivity contribution in [2.45, 2.75) is 0 Å². The second-order valence-electron chi connectivity index (χ2n) is 4.85. The third-order valence-electron chi connectivity index (χ3n) is 2.98. The predicted octanol–water partition coefficient (Wildman–Crippen LogP) is 3.00. The van der Waals surface area contributed by atoms with Gasteiger partial charge in [-0.05, 0) is 11.6 Å². The third-order valence-corrected chi connectivity index (χ3v) is 4.33. The first-order chi connectivity index (χ1) is 10.5. The van der Waals surface area contributed by atoms with Crippen LogP contribution in [0.5, 0.6) is 0 Å². The van der Waals surface area contributed by atoms with Crippen molar-refractivity contribution in [2.24, 2.45) is 4.40 Å². The van der Waals surface area contributed by atoms with Gasteiger partial charge in [0.15, 0.2) is 0 Å². The maximum Gasteiger partial charge on any atom is 0.322 e. The zero-order valence-electron chi connectivity index (χ0n) is 12.5. The molecule has 0 saturated carbocycles. The summed E-state index contributed by atoms with van der Waals surface area (Å²) in [4.78, 5) is 0. The van der Waals surface area contributed by atoms with Crippen LogP contribution < -0.4 is 0 Å². The molecule has 2 rings (SSSR count). The minimum Gasteiger partial charge on any atom is -0.189 e. The molecule has 0 fully saturated rings. The van der Waals surface area contributed by atoms with E-state index >= 15 is 0 Å². The Morgan fingerprint density at radius 2 is 1.50 bits per heavy atom. The predicted molar refractivity (Wildman–Crippen MR) is 91.1 cm³/mol. The molecule has 0 radical (unpaired) electrons. The van der Waals surface area contributed by atoms with Crippen molar-refractivity contribution in [2.75, 3.05) is 14.1 Å². The van der Waals surface area contributed by atoms with Gasteiger partial charge in [0.05, 0.1) is 5.71 Å². The Bertz CT molecular complexity index is 765. The highest BCUT2D eigenvalue weighted by Gasteiger charge is 2.13. The molecule has 0 saturated heterocycles. The Morgan fingerprint density at radius 1 is 0.955 bits per heavy atom. The molecular formula is C17H18N2O2S. The average molecular weight is 314 g/mol.